The summed E-state index contributed by atoms with van der Waals surface area (Å²) in [5, 5.41) is 5.67. The van der Waals surface area contributed by atoms with Gasteiger partial charge in [-0.15, -0.1) is 17.9 Å². The highest BCUT2D eigenvalue weighted by Gasteiger charge is 2.19. The van der Waals surface area contributed by atoms with Gasteiger partial charge in [-0.2, -0.15) is 0 Å². The second kappa shape index (κ2) is 11.0. The van der Waals surface area contributed by atoms with Crippen LogP contribution in [0.5, 0.6) is 0 Å². The molecule has 0 aliphatic rings. The molecule has 0 saturated carbocycles. The lowest BCUT2D eigenvalue weighted by atomic mass is 10.1. The molecular formula is C26H26N4O4S3. The van der Waals surface area contributed by atoms with Crippen LogP contribution in [0, 0.1) is 6.92 Å². The first-order valence-corrected chi connectivity index (χ1v) is 14.6. The number of aromatic nitrogens is 2. The summed E-state index contributed by atoms with van der Waals surface area (Å²) >= 11 is 2.55. The van der Waals surface area contributed by atoms with E-state index in [-0.39, 0.29) is 28.7 Å². The molecule has 11 heteroatoms. The number of carbonyl (C=O) groups excluding carboxylic acids is 1. The number of sulfonamides is 1. The van der Waals surface area contributed by atoms with Gasteiger partial charge in [0.15, 0.2) is 5.16 Å². The van der Waals surface area contributed by atoms with E-state index >= 15 is 0 Å². The van der Waals surface area contributed by atoms with Crippen molar-refractivity contribution in [2.75, 3.05) is 25.2 Å². The standard InChI is InChI=1S/C26H26N4O4S3/c1-5-14-30-25(32)23-21(18-8-6-17(2)7-9-18)15-35-24(23)28-26(30)36-16-22(31)27-19-10-12-20(13-11-19)37(33,34)29(3)4/h5-13,15H,1,14,16H2,2-4H3,(H,27,31). The SMILES string of the molecule is C=CCn1c(SCC(=O)Nc2ccc(S(=O)(=O)N(C)C)cc2)nc2scc(-c3ccc(C)cc3)c2c1=O. The highest BCUT2D eigenvalue weighted by Crippen LogP contribution is 2.32. The van der Waals surface area contributed by atoms with E-state index in [1.54, 1.807) is 6.08 Å². The van der Waals surface area contributed by atoms with E-state index in [0.717, 1.165) is 32.8 Å². The van der Waals surface area contributed by atoms with Gasteiger partial charge in [0.2, 0.25) is 15.9 Å². The lowest BCUT2D eigenvalue weighted by molar-refractivity contribution is -0.113. The Kier molecular flexibility index (Phi) is 7.98. The molecule has 2 heterocycles. The zero-order valence-electron chi connectivity index (χ0n) is 20.6. The maximum Gasteiger partial charge on any atom is 0.263 e. The minimum Gasteiger partial charge on any atom is -0.325 e. The average molecular weight is 555 g/mol. The molecule has 8 nitrogen and oxygen atoms in total. The summed E-state index contributed by atoms with van der Waals surface area (Å²) in [6.07, 6.45) is 1.63. The Balaban J connectivity index is 1.54. The van der Waals surface area contributed by atoms with Crippen molar-refractivity contribution in [1.29, 1.82) is 0 Å². The molecule has 0 radical (unpaired) electrons. The maximum absolute atomic E-state index is 13.5. The van der Waals surface area contributed by atoms with Crippen molar-refractivity contribution < 1.29 is 13.2 Å². The highest BCUT2D eigenvalue weighted by molar-refractivity contribution is 7.99. The van der Waals surface area contributed by atoms with Crippen molar-refractivity contribution in [3.63, 3.8) is 0 Å². The number of hydrogen-bond donors (Lipinski definition) is 1. The van der Waals surface area contributed by atoms with E-state index in [4.69, 9.17) is 4.98 Å². The molecule has 4 rings (SSSR count). The molecule has 0 aliphatic carbocycles. The zero-order valence-corrected chi connectivity index (χ0v) is 23.0. The molecule has 0 saturated heterocycles. The Morgan fingerprint density at radius 3 is 2.46 bits per heavy atom. The molecule has 1 N–H and O–H groups in total. The Labute approximate surface area is 223 Å². The summed E-state index contributed by atoms with van der Waals surface area (Å²) in [5.41, 5.74) is 3.21. The summed E-state index contributed by atoms with van der Waals surface area (Å²) in [6.45, 7) is 6.04. The van der Waals surface area contributed by atoms with Crippen LogP contribution in [0.15, 0.2) is 81.4 Å². The van der Waals surface area contributed by atoms with Gasteiger partial charge in [-0.05, 0) is 36.8 Å². The number of aryl methyl sites for hydroxylation is 1. The van der Waals surface area contributed by atoms with Crippen molar-refractivity contribution in [2.45, 2.75) is 23.5 Å². The topological polar surface area (TPSA) is 101 Å². The molecule has 37 heavy (non-hydrogen) atoms. The molecule has 192 valence electrons. The van der Waals surface area contributed by atoms with Gasteiger partial charge in [0, 0.05) is 37.3 Å². The molecule has 0 bridgehead atoms. The fourth-order valence-corrected chi connectivity index (χ4v) is 6.30. The highest BCUT2D eigenvalue weighted by atomic mass is 32.2. The number of fused-ring (bicyclic) bond motifs is 1. The van der Waals surface area contributed by atoms with E-state index in [0.29, 0.717) is 21.1 Å². The van der Waals surface area contributed by atoms with E-state index in [1.165, 1.54) is 54.3 Å². The predicted molar refractivity (Wildman–Crippen MR) is 151 cm³/mol. The summed E-state index contributed by atoms with van der Waals surface area (Å²) in [4.78, 5) is 31.5. The number of rotatable bonds is 9. The van der Waals surface area contributed by atoms with Gasteiger partial charge in [0.05, 0.1) is 16.0 Å². The number of anilines is 1. The maximum atomic E-state index is 13.5. The van der Waals surface area contributed by atoms with E-state index in [2.05, 4.69) is 11.9 Å². The molecule has 2 aromatic heterocycles. The van der Waals surface area contributed by atoms with Crippen molar-refractivity contribution in [2.24, 2.45) is 0 Å². The van der Waals surface area contributed by atoms with Gasteiger partial charge < -0.3 is 5.32 Å². The smallest absolute Gasteiger partial charge is 0.263 e. The second-order valence-corrected chi connectivity index (χ2v) is 12.4. The number of amides is 1. The van der Waals surface area contributed by atoms with Gasteiger partial charge in [0.1, 0.15) is 4.83 Å². The van der Waals surface area contributed by atoms with Gasteiger partial charge in [-0.1, -0.05) is 47.7 Å². The number of nitrogens with one attached hydrogen (secondary N) is 1. The Morgan fingerprint density at radius 1 is 1.16 bits per heavy atom. The minimum atomic E-state index is -3.55. The number of allylic oxidation sites excluding steroid dienone is 1. The molecule has 2 aromatic carbocycles. The fraction of sp³-hybridized carbons (Fsp3) is 0.192. The molecule has 0 fully saturated rings. The number of hydrogen-bond acceptors (Lipinski definition) is 7. The third-order valence-corrected chi connectivity index (χ3v) is 9.26. The minimum absolute atomic E-state index is 0.0169. The molecule has 0 atom stereocenters. The van der Waals surface area contributed by atoms with Crippen LogP contribution >= 0.6 is 23.1 Å². The van der Waals surface area contributed by atoms with Gasteiger partial charge >= 0.3 is 0 Å². The second-order valence-electron chi connectivity index (χ2n) is 8.44. The first kappa shape index (κ1) is 26.8. The number of thiophene rings is 1. The number of benzene rings is 2. The van der Waals surface area contributed by atoms with Crippen LogP contribution in [0.1, 0.15) is 5.56 Å². The number of thioether (sulfide) groups is 1. The van der Waals surface area contributed by atoms with Crippen LogP contribution in [0.3, 0.4) is 0 Å². The van der Waals surface area contributed by atoms with E-state index in [1.807, 2.05) is 36.6 Å². The van der Waals surface area contributed by atoms with Crippen molar-refractivity contribution in [3.8, 4) is 11.1 Å². The van der Waals surface area contributed by atoms with E-state index < -0.39 is 10.0 Å². The van der Waals surface area contributed by atoms with Crippen LogP contribution < -0.4 is 10.9 Å². The number of carbonyl (C=O) groups is 1. The molecule has 1 amide bonds. The zero-order chi connectivity index (χ0) is 26.7. The van der Waals surface area contributed by atoms with Gasteiger partial charge in [-0.3, -0.25) is 14.2 Å². The Bertz CT molecular complexity index is 1620. The third-order valence-electron chi connectivity index (χ3n) is 5.58. The molecule has 0 unspecified atom stereocenters. The molecule has 0 aliphatic heterocycles. The molecule has 0 spiro atoms. The third kappa shape index (κ3) is 5.69. The van der Waals surface area contributed by atoms with Gasteiger partial charge in [0.25, 0.3) is 5.56 Å². The first-order valence-electron chi connectivity index (χ1n) is 11.3. The summed E-state index contributed by atoms with van der Waals surface area (Å²) in [5.74, 6) is -0.289. The fourth-order valence-electron chi connectivity index (χ4n) is 3.60. The monoisotopic (exact) mass is 554 g/mol. The lowest BCUT2D eigenvalue weighted by Gasteiger charge is -2.12. The number of nitrogens with zero attached hydrogens (tertiary/aromatic N) is 3. The van der Waals surface area contributed by atoms with Gasteiger partial charge in [-0.25, -0.2) is 17.7 Å². The van der Waals surface area contributed by atoms with Crippen LogP contribution in [0.25, 0.3) is 21.3 Å². The first-order chi connectivity index (χ1) is 17.6. The van der Waals surface area contributed by atoms with Crippen LogP contribution in [-0.4, -0.2) is 48.0 Å². The summed E-state index contributed by atoms with van der Waals surface area (Å²) in [7, 11) is -0.635. The van der Waals surface area contributed by atoms with Crippen molar-refractivity contribution in [3.05, 3.63) is 82.5 Å². The van der Waals surface area contributed by atoms with E-state index in [9.17, 15) is 18.0 Å². The largest absolute Gasteiger partial charge is 0.325 e. The molecular weight excluding hydrogens is 529 g/mol. The Morgan fingerprint density at radius 2 is 1.84 bits per heavy atom. The average Bonchev–Trinajstić information content (AvgIpc) is 3.29. The van der Waals surface area contributed by atoms with Crippen LogP contribution in [0.2, 0.25) is 0 Å². The predicted octanol–water partition coefficient (Wildman–Crippen LogP) is 4.60. The normalized spacial score (nSPS) is 11.7. The summed E-state index contributed by atoms with van der Waals surface area (Å²) in [6, 6.07) is 13.9. The molecule has 4 aromatic rings. The quantitative estimate of drug-likeness (QED) is 0.184. The Hall–Kier alpha value is -3.25. The summed E-state index contributed by atoms with van der Waals surface area (Å²) < 4.78 is 27.1. The van der Waals surface area contributed by atoms with Crippen molar-refractivity contribution in [1.82, 2.24) is 13.9 Å². The lowest BCUT2D eigenvalue weighted by Crippen LogP contribution is -2.23. The van der Waals surface area contributed by atoms with Crippen LogP contribution in [-0.2, 0) is 21.4 Å². The van der Waals surface area contributed by atoms with Crippen molar-refractivity contribution >= 4 is 54.9 Å². The van der Waals surface area contributed by atoms with Crippen LogP contribution in [0.4, 0.5) is 5.69 Å².